The van der Waals surface area contributed by atoms with Gasteiger partial charge in [-0.3, -0.25) is 0 Å². The largest absolute Gasteiger partial charge is 0.351 e. The van der Waals surface area contributed by atoms with E-state index in [0.717, 1.165) is 22.7 Å². The zero-order valence-electron chi connectivity index (χ0n) is 11.9. The highest BCUT2D eigenvalue weighted by molar-refractivity contribution is 7.89. The van der Waals surface area contributed by atoms with E-state index in [2.05, 4.69) is 0 Å². The number of hydrogen-bond donors (Lipinski definition) is 2. The van der Waals surface area contributed by atoms with E-state index in [0.29, 0.717) is 25.8 Å². The summed E-state index contributed by atoms with van der Waals surface area (Å²) in [4.78, 5) is 11.7. The van der Waals surface area contributed by atoms with Crippen LogP contribution >= 0.6 is 0 Å². The Hall–Kier alpha value is -1.60. The van der Waals surface area contributed by atoms with Crippen LogP contribution in [0.5, 0.6) is 0 Å². The SMILES string of the molecule is NCCc1ccc(S(=O)(=O)N(C(N)=O)C2CCCC2)cc1. The Kier molecular flexibility index (Phi) is 4.84. The minimum absolute atomic E-state index is 0.0916. The van der Waals surface area contributed by atoms with Crippen molar-refractivity contribution in [1.29, 1.82) is 0 Å². The van der Waals surface area contributed by atoms with Crippen molar-refractivity contribution >= 4 is 16.1 Å². The van der Waals surface area contributed by atoms with Gasteiger partial charge in [0.25, 0.3) is 10.0 Å². The van der Waals surface area contributed by atoms with Gasteiger partial charge in [-0.05, 0) is 43.5 Å². The first kappa shape index (κ1) is 15.8. The first-order valence-electron chi connectivity index (χ1n) is 7.09. The number of amides is 2. The van der Waals surface area contributed by atoms with Crippen LogP contribution in [0.4, 0.5) is 4.79 Å². The van der Waals surface area contributed by atoms with E-state index in [9.17, 15) is 13.2 Å². The molecule has 0 aromatic heterocycles. The van der Waals surface area contributed by atoms with Crippen LogP contribution in [0.25, 0.3) is 0 Å². The lowest BCUT2D eigenvalue weighted by atomic mass is 10.2. The number of nitrogens with two attached hydrogens (primary N) is 2. The van der Waals surface area contributed by atoms with E-state index in [1.165, 1.54) is 12.1 Å². The lowest BCUT2D eigenvalue weighted by Crippen LogP contribution is -2.46. The van der Waals surface area contributed by atoms with E-state index in [1.54, 1.807) is 12.1 Å². The van der Waals surface area contributed by atoms with Crippen molar-refractivity contribution in [2.75, 3.05) is 6.54 Å². The summed E-state index contributed by atoms with van der Waals surface area (Å²) in [5.41, 5.74) is 11.7. The summed E-state index contributed by atoms with van der Waals surface area (Å²) in [6.07, 6.45) is 3.86. The Morgan fingerprint density at radius 3 is 2.24 bits per heavy atom. The van der Waals surface area contributed by atoms with E-state index in [4.69, 9.17) is 11.5 Å². The van der Waals surface area contributed by atoms with Gasteiger partial charge >= 0.3 is 6.03 Å². The van der Waals surface area contributed by atoms with E-state index < -0.39 is 16.1 Å². The molecule has 21 heavy (non-hydrogen) atoms. The maximum atomic E-state index is 12.6. The third-order valence-corrected chi connectivity index (χ3v) is 5.65. The van der Waals surface area contributed by atoms with Gasteiger partial charge in [0.05, 0.1) is 10.9 Å². The topological polar surface area (TPSA) is 106 Å². The lowest BCUT2D eigenvalue weighted by molar-refractivity contribution is 0.221. The molecule has 0 heterocycles. The van der Waals surface area contributed by atoms with Crippen molar-refractivity contribution in [1.82, 2.24) is 4.31 Å². The van der Waals surface area contributed by atoms with Gasteiger partial charge in [-0.15, -0.1) is 0 Å². The van der Waals surface area contributed by atoms with Crippen LogP contribution in [0, 0.1) is 0 Å². The molecule has 1 aromatic carbocycles. The molecule has 0 bridgehead atoms. The number of nitrogens with zero attached hydrogens (tertiary/aromatic N) is 1. The highest BCUT2D eigenvalue weighted by atomic mass is 32.2. The Morgan fingerprint density at radius 2 is 1.76 bits per heavy atom. The first-order chi connectivity index (χ1) is 9.96. The Labute approximate surface area is 125 Å². The average molecular weight is 311 g/mol. The van der Waals surface area contributed by atoms with Crippen LogP contribution in [0.3, 0.4) is 0 Å². The smallest absolute Gasteiger partial charge is 0.328 e. The second-order valence-electron chi connectivity index (χ2n) is 5.26. The summed E-state index contributed by atoms with van der Waals surface area (Å²) in [7, 11) is -3.89. The number of rotatable bonds is 5. The molecule has 1 aliphatic rings. The van der Waals surface area contributed by atoms with E-state index >= 15 is 0 Å². The van der Waals surface area contributed by atoms with Gasteiger partial charge in [-0.2, -0.15) is 0 Å². The predicted molar refractivity (Wildman–Crippen MR) is 80.1 cm³/mol. The quantitative estimate of drug-likeness (QED) is 0.852. The number of primary amides is 1. The van der Waals surface area contributed by atoms with Crippen molar-refractivity contribution in [2.45, 2.75) is 43.0 Å². The highest BCUT2D eigenvalue weighted by Gasteiger charge is 2.35. The number of carbonyl (C=O) groups is 1. The van der Waals surface area contributed by atoms with Crippen LogP contribution in [0.2, 0.25) is 0 Å². The minimum Gasteiger partial charge on any atom is -0.351 e. The number of hydrogen-bond acceptors (Lipinski definition) is 4. The summed E-state index contributed by atoms with van der Waals surface area (Å²) in [6.45, 7) is 0.502. The molecular weight excluding hydrogens is 290 g/mol. The van der Waals surface area contributed by atoms with Crippen LogP contribution in [0.15, 0.2) is 29.2 Å². The molecule has 2 amide bonds. The molecule has 0 aliphatic heterocycles. The van der Waals surface area contributed by atoms with Crippen LogP contribution in [-0.4, -0.2) is 31.3 Å². The Balaban J connectivity index is 2.31. The molecule has 1 aliphatic carbocycles. The molecule has 1 aromatic rings. The number of urea groups is 1. The van der Waals surface area contributed by atoms with Crippen molar-refractivity contribution in [2.24, 2.45) is 11.5 Å². The van der Waals surface area contributed by atoms with Gasteiger partial charge in [0.1, 0.15) is 0 Å². The molecule has 4 N–H and O–H groups in total. The minimum atomic E-state index is -3.89. The monoisotopic (exact) mass is 311 g/mol. The molecule has 0 atom stereocenters. The maximum absolute atomic E-state index is 12.6. The predicted octanol–water partition coefficient (Wildman–Crippen LogP) is 1.20. The lowest BCUT2D eigenvalue weighted by Gasteiger charge is -2.26. The fourth-order valence-electron chi connectivity index (χ4n) is 2.74. The molecule has 1 fully saturated rings. The highest BCUT2D eigenvalue weighted by Crippen LogP contribution is 2.28. The summed E-state index contributed by atoms with van der Waals surface area (Å²) >= 11 is 0. The first-order valence-corrected chi connectivity index (χ1v) is 8.53. The summed E-state index contributed by atoms with van der Waals surface area (Å²) in [5, 5.41) is 0. The van der Waals surface area contributed by atoms with Crippen molar-refractivity contribution in [3.8, 4) is 0 Å². The summed E-state index contributed by atoms with van der Waals surface area (Å²) in [6, 6.07) is 5.21. The van der Waals surface area contributed by atoms with Gasteiger partial charge < -0.3 is 11.5 Å². The van der Waals surface area contributed by atoms with Crippen LogP contribution in [-0.2, 0) is 16.4 Å². The van der Waals surface area contributed by atoms with E-state index in [-0.39, 0.29) is 10.9 Å². The Bertz CT molecular complexity index is 592. The molecule has 0 spiro atoms. The zero-order chi connectivity index (χ0) is 15.5. The summed E-state index contributed by atoms with van der Waals surface area (Å²) in [5.74, 6) is 0. The molecule has 0 unspecified atom stereocenters. The second kappa shape index (κ2) is 6.44. The molecular formula is C14H21N3O3S. The second-order valence-corrected chi connectivity index (χ2v) is 7.07. The standard InChI is InChI=1S/C14H21N3O3S/c15-10-9-11-5-7-13(8-6-11)21(19,20)17(14(16)18)12-3-1-2-4-12/h5-8,12H,1-4,9-10,15H2,(H2,16,18). The zero-order valence-corrected chi connectivity index (χ0v) is 12.7. The molecule has 6 nitrogen and oxygen atoms in total. The van der Waals surface area contributed by atoms with Crippen molar-refractivity contribution < 1.29 is 13.2 Å². The molecule has 116 valence electrons. The number of carbonyl (C=O) groups excluding carboxylic acids is 1. The molecule has 1 saturated carbocycles. The van der Waals surface area contributed by atoms with Crippen LogP contribution in [0.1, 0.15) is 31.2 Å². The fourth-order valence-corrected chi connectivity index (χ4v) is 4.29. The average Bonchev–Trinajstić information content (AvgIpc) is 2.92. The van der Waals surface area contributed by atoms with E-state index in [1.807, 2.05) is 0 Å². The molecule has 7 heteroatoms. The van der Waals surface area contributed by atoms with Gasteiger partial charge in [0, 0.05) is 0 Å². The van der Waals surface area contributed by atoms with Gasteiger partial charge in [0.2, 0.25) is 0 Å². The fraction of sp³-hybridized carbons (Fsp3) is 0.500. The third-order valence-electron chi connectivity index (χ3n) is 3.79. The summed E-state index contributed by atoms with van der Waals surface area (Å²) < 4.78 is 26.1. The van der Waals surface area contributed by atoms with Gasteiger partial charge in [-0.25, -0.2) is 17.5 Å². The van der Waals surface area contributed by atoms with Gasteiger partial charge in [0.15, 0.2) is 0 Å². The molecule has 2 rings (SSSR count). The maximum Gasteiger partial charge on any atom is 0.328 e. The molecule has 0 saturated heterocycles. The number of sulfonamides is 1. The Morgan fingerprint density at radius 1 is 1.19 bits per heavy atom. The molecule has 0 radical (unpaired) electrons. The number of benzene rings is 1. The normalized spacial score (nSPS) is 16.0. The van der Waals surface area contributed by atoms with Crippen molar-refractivity contribution in [3.05, 3.63) is 29.8 Å². The van der Waals surface area contributed by atoms with Gasteiger partial charge in [-0.1, -0.05) is 25.0 Å². The van der Waals surface area contributed by atoms with Crippen molar-refractivity contribution in [3.63, 3.8) is 0 Å². The van der Waals surface area contributed by atoms with Crippen LogP contribution < -0.4 is 11.5 Å². The third kappa shape index (κ3) is 3.36.